The van der Waals surface area contributed by atoms with E-state index in [-0.39, 0.29) is 10.8 Å². The molecule has 15 heavy (non-hydrogen) atoms. The molecular formula is C10H21BrN2O2. The normalized spacial score (nSPS) is 13.3. The molecule has 0 bridgehead atoms. The van der Waals surface area contributed by atoms with Gasteiger partial charge in [-0.3, -0.25) is 4.79 Å². The Hall–Kier alpha value is -0.130. The summed E-state index contributed by atoms with van der Waals surface area (Å²) in [6.07, 6.45) is 1.10. The second-order valence-electron chi connectivity index (χ2n) is 3.91. The van der Waals surface area contributed by atoms with Crippen molar-refractivity contribution >= 4 is 21.9 Å². The third kappa shape index (κ3) is 7.76. The van der Waals surface area contributed by atoms with Gasteiger partial charge in [0.2, 0.25) is 0 Å². The molecular weight excluding hydrogens is 260 g/mol. The molecule has 1 atom stereocenters. The SMILES string of the molecule is COC(=O)C(Br)CN(C)CCCN(C)C. The van der Waals surface area contributed by atoms with E-state index >= 15 is 0 Å². The number of carbonyl (C=O) groups is 1. The maximum atomic E-state index is 11.1. The maximum absolute atomic E-state index is 11.1. The predicted molar refractivity (Wildman–Crippen MR) is 65.4 cm³/mol. The Bertz CT molecular complexity index is 188. The third-order valence-electron chi connectivity index (χ3n) is 2.07. The number of esters is 1. The molecule has 4 nitrogen and oxygen atoms in total. The van der Waals surface area contributed by atoms with Gasteiger partial charge in [0.1, 0.15) is 4.83 Å². The first-order valence-electron chi connectivity index (χ1n) is 5.02. The number of hydrogen-bond acceptors (Lipinski definition) is 4. The smallest absolute Gasteiger partial charge is 0.320 e. The molecule has 0 N–H and O–H groups in total. The van der Waals surface area contributed by atoms with Gasteiger partial charge >= 0.3 is 5.97 Å². The molecule has 0 rings (SSSR count). The summed E-state index contributed by atoms with van der Waals surface area (Å²) >= 11 is 3.30. The van der Waals surface area contributed by atoms with Crippen LogP contribution in [0.2, 0.25) is 0 Å². The molecule has 0 saturated carbocycles. The number of hydrogen-bond donors (Lipinski definition) is 0. The van der Waals surface area contributed by atoms with Gasteiger partial charge in [-0.1, -0.05) is 15.9 Å². The Kier molecular flexibility index (Phi) is 8.00. The molecule has 0 aromatic carbocycles. The van der Waals surface area contributed by atoms with Crippen molar-refractivity contribution in [2.45, 2.75) is 11.2 Å². The molecule has 0 fully saturated rings. The molecule has 0 aromatic rings. The summed E-state index contributed by atoms with van der Waals surface area (Å²) in [5.74, 6) is -0.213. The Morgan fingerprint density at radius 2 is 1.93 bits per heavy atom. The van der Waals surface area contributed by atoms with Gasteiger partial charge in [-0.05, 0) is 40.7 Å². The van der Waals surface area contributed by atoms with Gasteiger partial charge in [-0.15, -0.1) is 0 Å². The minimum absolute atomic E-state index is 0.213. The van der Waals surface area contributed by atoms with Gasteiger partial charge in [0.25, 0.3) is 0 Å². The summed E-state index contributed by atoms with van der Waals surface area (Å²) in [6.45, 7) is 2.73. The van der Waals surface area contributed by atoms with Crippen molar-refractivity contribution < 1.29 is 9.53 Å². The van der Waals surface area contributed by atoms with Crippen LogP contribution in [0, 0.1) is 0 Å². The number of rotatable bonds is 7. The number of methoxy groups -OCH3 is 1. The molecule has 5 heteroatoms. The number of nitrogens with zero attached hydrogens (tertiary/aromatic N) is 2. The van der Waals surface area contributed by atoms with Crippen LogP contribution in [0.3, 0.4) is 0 Å². The van der Waals surface area contributed by atoms with E-state index in [1.807, 2.05) is 7.05 Å². The van der Waals surface area contributed by atoms with Gasteiger partial charge in [-0.2, -0.15) is 0 Å². The Balaban J connectivity index is 3.64. The van der Waals surface area contributed by atoms with Crippen molar-refractivity contribution in [3.05, 3.63) is 0 Å². The average molecular weight is 281 g/mol. The largest absolute Gasteiger partial charge is 0.468 e. The van der Waals surface area contributed by atoms with Gasteiger partial charge in [0.15, 0.2) is 0 Å². The highest BCUT2D eigenvalue weighted by atomic mass is 79.9. The highest BCUT2D eigenvalue weighted by Crippen LogP contribution is 2.04. The average Bonchev–Trinajstić information content (AvgIpc) is 2.15. The summed E-state index contributed by atoms with van der Waals surface area (Å²) in [4.78, 5) is 15.2. The van der Waals surface area contributed by atoms with Gasteiger partial charge in [0.05, 0.1) is 7.11 Å². The van der Waals surface area contributed by atoms with Crippen molar-refractivity contribution in [2.24, 2.45) is 0 Å². The molecule has 0 aliphatic rings. The summed E-state index contributed by atoms with van der Waals surface area (Å²) in [6, 6.07) is 0. The third-order valence-corrected chi connectivity index (χ3v) is 2.74. The lowest BCUT2D eigenvalue weighted by Crippen LogP contribution is -2.33. The Morgan fingerprint density at radius 3 is 2.40 bits per heavy atom. The molecule has 90 valence electrons. The molecule has 0 aliphatic carbocycles. The second-order valence-corrected chi connectivity index (χ2v) is 5.02. The summed E-state index contributed by atoms with van der Waals surface area (Å²) in [5, 5.41) is 0. The molecule has 0 saturated heterocycles. The van der Waals surface area contributed by atoms with Crippen molar-refractivity contribution in [1.29, 1.82) is 0 Å². The van der Waals surface area contributed by atoms with Crippen LogP contribution in [0.1, 0.15) is 6.42 Å². The van der Waals surface area contributed by atoms with Crippen LogP contribution in [-0.2, 0) is 9.53 Å². The van der Waals surface area contributed by atoms with Crippen LogP contribution in [0.25, 0.3) is 0 Å². The fourth-order valence-corrected chi connectivity index (χ4v) is 1.91. The van der Waals surface area contributed by atoms with E-state index in [0.717, 1.165) is 19.5 Å². The molecule has 0 amide bonds. The Labute approximate surface area is 101 Å². The second kappa shape index (κ2) is 8.07. The summed E-state index contributed by atoms with van der Waals surface area (Å²) < 4.78 is 4.63. The molecule has 0 aromatic heterocycles. The van der Waals surface area contributed by atoms with Crippen LogP contribution in [-0.4, -0.2) is 68.5 Å². The lowest BCUT2D eigenvalue weighted by Gasteiger charge is -2.19. The predicted octanol–water partition coefficient (Wildman–Crippen LogP) is 0.806. The number of carbonyl (C=O) groups excluding carboxylic acids is 1. The zero-order chi connectivity index (χ0) is 11.8. The van der Waals surface area contributed by atoms with Gasteiger partial charge in [-0.25, -0.2) is 0 Å². The lowest BCUT2D eigenvalue weighted by molar-refractivity contribution is -0.140. The monoisotopic (exact) mass is 280 g/mol. The lowest BCUT2D eigenvalue weighted by atomic mass is 10.3. The molecule has 0 aliphatic heterocycles. The molecule has 0 radical (unpaired) electrons. The number of ether oxygens (including phenoxy) is 1. The standard InChI is InChI=1S/C10H21BrN2O2/c1-12(2)6-5-7-13(3)8-9(11)10(14)15-4/h9H,5-8H2,1-4H3. The first-order chi connectivity index (χ1) is 6.97. The van der Waals surface area contributed by atoms with Crippen molar-refractivity contribution in [3.8, 4) is 0 Å². The fourth-order valence-electron chi connectivity index (χ4n) is 1.22. The van der Waals surface area contributed by atoms with E-state index in [9.17, 15) is 4.79 Å². The van der Waals surface area contributed by atoms with E-state index in [1.165, 1.54) is 7.11 Å². The quantitative estimate of drug-likeness (QED) is 0.510. The number of alkyl halides is 1. The first kappa shape index (κ1) is 14.9. The van der Waals surface area contributed by atoms with E-state index in [1.54, 1.807) is 0 Å². The zero-order valence-corrected chi connectivity index (χ0v) is 11.6. The molecule has 0 spiro atoms. The van der Waals surface area contributed by atoms with Crippen molar-refractivity contribution in [3.63, 3.8) is 0 Å². The Morgan fingerprint density at radius 1 is 1.33 bits per heavy atom. The topological polar surface area (TPSA) is 32.8 Å². The van der Waals surface area contributed by atoms with E-state index in [4.69, 9.17) is 0 Å². The fraction of sp³-hybridized carbons (Fsp3) is 0.900. The van der Waals surface area contributed by atoms with Crippen LogP contribution < -0.4 is 0 Å². The molecule has 1 unspecified atom stereocenters. The van der Waals surface area contributed by atoms with E-state index in [2.05, 4.69) is 44.6 Å². The highest BCUT2D eigenvalue weighted by Gasteiger charge is 2.16. The number of halogens is 1. The van der Waals surface area contributed by atoms with Crippen molar-refractivity contribution in [1.82, 2.24) is 9.80 Å². The first-order valence-corrected chi connectivity index (χ1v) is 5.94. The highest BCUT2D eigenvalue weighted by molar-refractivity contribution is 9.10. The van der Waals surface area contributed by atoms with Crippen molar-refractivity contribution in [2.75, 3.05) is 47.9 Å². The van der Waals surface area contributed by atoms with Crippen LogP contribution >= 0.6 is 15.9 Å². The van der Waals surface area contributed by atoms with Crippen LogP contribution in [0.4, 0.5) is 0 Å². The van der Waals surface area contributed by atoms with Crippen LogP contribution in [0.5, 0.6) is 0 Å². The van der Waals surface area contributed by atoms with Gasteiger partial charge < -0.3 is 14.5 Å². The van der Waals surface area contributed by atoms with Gasteiger partial charge in [0, 0.05) is 6.54 Å². The van der Waals surface area contributed by atoms with E-state index in [0.29, 0.717) is 6.54 Å². The van der Waals surface area contributed by atoms with E-state index < -0.39 is 0 Å². The summed E-state index contributed by atoms with van der Waals surface area (Å²) in [7, 11) is 7.53. The summed E-state index contributed by atoms with van der Waals surface area (Å²) in [5.41, 5.74) is 0. The molecule has 0 heterocycles. The minimum atomic E-state index is -0.230. The minimum Gasteiger partial charge on any atom is -0.468 e. The zero-order valence-electron chi connectivity index (χ0n) is 9.99. The maximum Gasteiger partial charge on any atom is 0.320 e. The van der Waals surface area contributed by atoms with Crippen LogP contribution in [0.15, 0.2) is 0 Å².